The summed E-state index contributed by atoms with van der Waals surface area (Å²) in [5.74, 6) is 0.742. The van der Waals surface area contributed by atoms with E-state index in [2.05, 4.69) is 64.5 Å². The lowest BCUT2D eigenvalue weighted by molar-refractivity contribution is 0.411. The molecule has 0 aromatic heterocycles. The Morgan fingerprint density at radius 1 is 0.789 bits per heavy atom. The molecular formula is C13H29B3N3. The molecule has 1 heterocycles. The fourth-order valence-electron chi connectivity index (χ4n) is 2.16. The van der Waals surface area contributed by atoms with E-state index in [1.807, 2.05) is 0 Å². The highest BCUT2D eigenvalue weighted by Gasteiger charge is 2.27. The molecule has 0 aromatic carbocycles. The van der Waals surface area contributed by atoms with Gasteiger partial charge in [-0.05, 0) is 38.4 Å². The highest BCUT2D eigenvalue weighted by atomic mass is 15.3. The lowest BCUT2D eigenvalue weighted by atomic mass is 9.73. The Hall–Kier alpha value is 0.0748. The third kappa shape index (κ3) is 6.87. The van der Waals surface area contributed by atoms with E-state index in [9.17, 15) is 0 Å². The topological polar surface area (TPSA) is 9.72 Å². The SMILES string of the molecule is CCCCN1[B]N(CCCC)[B]N(CC(C)CC)[B]1. The predicted molar refractivity (Wildman–Crippen MR) is 86.7 cm³/mol. The highest BCUT2D eigenvalue weighted by Crippen LogP contribution is 2.09. The minimum atomic E-state index is 0.742. The van der Waals surface area contributed by atoms with Crippen LogP contribution >= 0.6 is 0 Å². The van der Waals surface area contributed by atoms with E-state index < -0.39 is 0 Å². The van der Waals surface area contributed by atoms with Crippen LogP contribution in [0.3, 0.4) is 0 Å². The quantitative estimate of drug-likeness (QED) is 0.588. The number of rotatable bonds is 9. The Balaban J connectivity index is 2.45. The molecule has 105 valence electrons. The van der Waals surface area contributed by atoms with E-state index in [-0.39, 0.29) is 0 Å². The Morgan fingerprint density at radius 3 is 1.68 bits per heavy atom. The van der Waals surface area contributed by atoms with Crippen molar-refractivity contribution in [3.05, 3.63) is 0 Å². The van der Waals surface area contributed by atoms with Crippen molar-refractivity contribution < 1.29 is 0 Å². The second kappa shape index (κ2) is 9.90. The molecule has 6 heteroatoms. The molecule has 1 aliphatic rings. The fraction of sp³-hybridized carbons (Fsp3) is 1.00. The molecule has 3 radical (unpaired) electrons. The van der Waals surface area contributed by atoms with Gasteiger partial charge in [0.05, 0.1) is 0 Å². The summed E-state index contributed by atoms with van der Waals surface area (Å²) >= 11 is 0. The van der Waals surface area contributed by atoms with Crippen molar-refractivity contribution in [3.63, 3.8) is 0 Å². The molecule has 1 aliphatic heterocycles. The van der Waals surface area contributed by atoms with Crippen molar-refractivity contribution in [2.75, 3.05) is 19.6 Å². The summed E-state index contributed by atoms with van der Waals surface area (Å²) in [7, 11) is 6.80. The van der Waals surface area contributed by atoms with Crippen LogP contribution in [0.4, 0.5) is 0 Å². The van der Waals surface area contributed by atoms with Gasteiger partial charge in [0.15, 0.2) is 0 Å². The monoisotopic (exact) mass is 260 g/mol. The molecule has 1 saturated heterocycles. The van der Waals surface area contributed by atoms with Crippen molar-refractivity contribution in [2.45, 2.75) is 59.8 Å². The van der Waals surface area contributed by atoms with Crippen LogP contribution in [0.25, 0.3) is 0 Å². The van der Waals surface area contributed by atoms with Gasteiger partial charge in [-0.15, -0.1) is 0 Å². The number of nitrogens with zero attached hydrogens (tertiary/aromatic N) is 3. The minimum absolute atomic E-state index is 0.742. The first-order valence-electron chi connectivity index (χ1n) is 8.01. The van der Waals surface area contributed by atoms with Crippen molar-refractivity contribution in [1.82, 2.24) is 14.2 Å². The lowest BCUT2D eigenvalue weighted by Gasteiger charge is -2.41. The Bertz CT molecular complexity index is 215. The standard InChI is InChI=1S/C13H29B3N3/c1-5-8-10-17-14-18(11-9-6-2)16-19(15-17)12-13(4)7-3/h13H,5-12H2,1-4H3. The Morgan fingerprint density at radius 2 is 1.26 bits per heavy atom. The first-order valence-corrected chi connectivity index (χ1v) is 8.01. The second-order valence-corrected chi connectivity index (χ2v) is 5.74. The van der Waals surface area contributed by atoms with E-state index in [0.717, 1.165) is 25.6 Å². The summed E-state index contributed by atoms with van der Waals surface area (Å²) < 4.78 is 7.06. The first-order chi connectivity index (χ1) is 9.19. The zero-order valence-corrected chi connectivity index (χ0v) is 13.3. The van der Waals surface area contributed by atoms with Gasteiger partial charge in [-0.25, -0.2) is 0 Å². The number of hydrogen-bond acceptors (Lipinski definition) is 3. The third-order valence-electron chi connectivity index (χ3n) is 3.65. The number of unbranched alkanes of at least 4 members (excludes halogenated alkanes) is 2. The largest absolute Gasteiger partial charge is 0.365 e. The van der Waals surface area contributed by atoms with Crippen LogP contribution in [-0.2, 0) is 0 Å². The average molecular weight is 260 g/mol. The lowest BCUT2D eigenvalue weighted by Crippen LogP contribution is -2.62. The van der Waals surface area contributed by atoms with Crippen LogP contribution in [0.1, 0.15) is 59.8 Å². The molecular weight excluding hydrogens is 231 g/mol. The van der Waals surface area contributed by atoms with E-state index in [1.54, 1.807) is 0 Å². The number of hydrogen-bond donors (Lipinski definition) is 0. The van der Waals surface area contributed by atoms with E-state index in [0.29, 0.717) is 0 Å². The second-order valence-electron chi connectivity index (χ2n) is 5.74. The highest BCUT2D eigenvalue weighted by molar-refractivity contribution is 6.64. The molecule has 1 fully saturated rings. The molecule has 0 aliphatic carbocycles. The van der Waals surface area contributed by atoms with E-state index in [1.165, 1.54) is 32.1 Å². The van der Waals surface area contributed by atoms with Gasteiger partial charge in [-0.3, -0.25) is 0 Å². The van der Waals surface area contributed by atoms with E-state index >= 15 is 0 Å². The van der Waals surface area contributed by atoms with Gasteiger partial charge in [-0.2, -0.15) is 0 Å². The molecule has 1 rings (SSSR count). The zero-order valence-electron chi connectivity index (χ0n) is 13.3. The van der Waals surface area contributed by atoms with Crippen molar-refractivity contribution >= 4 is 22.6 Å². The summed E-state index contributed by atoms with van der Waals surface area (Å²) in [6, 6.07) is 0. The van der Waals surface area contributed by atoms with Crippen molar-refractivity contribution in [2.24, 2.45) is 5.92 Å². The molecule has 0 saturated carbocycles. The Labute approximate surface area is 122 Å². The molecule has 0 amide bonds. The predicted octanol–water partition coefficient (Wildman–Crippen LogP) is 2.15. The maximum Gasteiger partial charge on any atom is 0.290 e. The molecule has 1 unspecified atom stereocenters. The maximum absolute atomic E-state index is 2.36. The van der Waals surface area contributed by atoms with Crippen LogP contribution < -0.4 is 0 Å². The van der Waals surface area contributed by atoms with Crippen molar-refractivity contribution in [1.29, 1.82) is 0 Å². The summed E-state index contributed by atoms with van der Waals surface area (Å²) in [6.07, 6.45) is 6.26. The molecule has 0 bridgehead atoms. The molecule has 3 nitrogen and oxygen atoms in total. The third-order valence-corrected chi connectivity index (χ3v) is 3.65. The molecule has 0 spiro atoms. The van der Waals surface area contributed by atoms with Crippen LogP contribution in [0, 0.1) is 5.92 Å². The summed E-state index contributed by atoms with van der Waals surface area (Å²) in [5.41, 5.74) is 0. The summed E-state index contributed by atoms with van der Waals surface area (Å²) in [6.45, 7) is 12.5. The van der Waals surface area contributed by atoms with Gasteiger partial charge >= 0.3 is 0 Å². The minimum Gasteiger partial charge on any atom is -0.365 e. The maximum atomic E-state index is 2.36. The molecule has 0 aromatic rings. The van der Waals surface area contributed by atoms with Gasteiger partial charge in [-0.1, -0.05) is 47.0 Å². The van der Waals surface area contributed by atoms with Crippen LogP contribution in [0.15, 0.2) is 0 Å². The fourth-order valence-corrected chi connectivity index (χ4v) is 2.16. The molecule has 0 N–H and O–H groups in total. The van der Waals surface area contributed by atoms with Gasteiger partial charge in [0.25, 0.3) is 22.6 Å². The van der Waals surface area contributed by atoms with Crippen LogP contribution in [0.5, 0.6) is 0 Å². The van der Waals surface area contributed by atoms with Gasteiger partial charge in [0.2, 0.25) is 0 Å². The van der Waals surface area contributed by atoms with Crippen molar-refractivity contribution in [3.8, 4) is 0 Å². The zero-order chi connectivity index (χ0) is 14.1. The average Bonchev–Trinajstić information content (AvgIpc) is 2.42. The van der Waals surface area contributed by atoms with Gasteiger partial charge in [0, 0.05) is 0 Å². The summed E-state index contributed by atoms with van der Waals surface area (Å²) in [4.78, 5) is 0. The van der Waals surface area contributed by atoms with E-state index in [4.69, 9.17) is 0 Å². The van der Waals surface area contributed by atoms with Gasteiger partial charge in [0.1, 0.15) is 0 Å². The summed E-state index contributed by atoms with van der Waals surface area (Å²) in [5, 5.41) is 0. The normalized spacial score (nSPS) is 19.6. The van der Waals surface area contributed by atoms with Crippen LogP contribution in [0.2, 0.25) is 0 Å². The smallest absolute Gasteiger partial charge is 0.290 e. The van der Waals surface area contributed by atoms with Crippen LogP contribution in [-0.4, -0.2) is 56.4 Å². The molecule has 19 heavy (non-hydrogen) atoms. The molecule has 1 atom stereocenters. The van der Waals surface area contributed by atoms with Gasteiger partial charge < -0.3 is 14.2 Å². The first kappa shape index (κ1) is 17.1. The Kier molecular flexibility index (Phi) is 8.92.